The van der Waals surface area contributed by atoms with Crippen molar-refractivity contribution in [2.45, 2.75) is 39.0 Å². The number of unbranched alkanes of at least 4 members (excludes halogenated alkanes) is 2. The molecule has 0 amide bonds. The third-order valence-electron chi connectivity index (χ3n) is 3.15. The van der Waals surface area contributed by atoms with Crippen molar-refractivity contribution in [1.82, 2.24) is 4.90 Å². The van der Waals surface area contributed by atoms with Gasteiger partial charge in [0.1, 0.15) is 6.79 Å². The largest absolute Gasteiger partial charge is 0.405 e. The van der Waals surface area contributed by atoms with Gasteiger partial charge in [-0.25, -0.2) is 0 Å². The van der Waals surface area contributed by atoms with Gasteiger partial charge in [-0.3, -0.25) is 0 Å². The molecule has 0 aliphatic heterocycles. The molecule has 0 atom stereocenters. The minimum absolute atomic E-state index is 1.11. The van der Waals surface area contributed by atoms with Gasteiger partial charge < -0.3 is 15.4 Å². The Morgan fingerprint density at radius 3 is 1.89 bits per heavy atom. The third kappa shape index (κ3) is 26.0. The molecule has 0 aliphatic carbocycles. The van der Waals surface area contributed by atoms with Crippen LogP contribution in [0.2, 0.25) is 0 Å². The van der Waals surface area contributed by atoms with Gasteiger partial charge in [0.05, 0.1) is 0 Å². The van der Waals surface area contributed by atoms with Crippen molar-refractivity contribution in [2.24, 2.45) is 5.73 Å². The lowest BCUT2D eigenvalue weighted by atomic mass is 10.0. The van der Waals surface area contributed by atoms with Crippen LogP contribution >= 0.6 is 0 Å². The Hall–Kier alpha value is -2.39. The standard InChI is InChI=1S/C18H24.C3H9N.C2H5N.CH2O/c1-4-9-17(5-2)10-7-6-8-11-18-14-12-16(3)13-15-18;1-4(2)3;1-2-3;1-2/h4-5,9,12-15H,1-2,6-8,10-11H2,3H3;1-3H3;2H,1,3H2;1H2/b17-9+;;;. The summed E-state index contributed by atoms with van der Waals surface area (Å²) in [5.41, 5.74) is 8.69. The van der Waals surface area contributed by atoms with Gasteiger partial charge in [0.25, 0.3) is 0 Å². The van der Waals surface area contributed by atoms with Crippen molar-refractivity contribution in [3.05, 3.63) is 85.1 Å². The van der Waals surface area contributed by atoms with Crippen molar-refractivity contribution in [3.63, 3.8) is 0 Å². The summed E-state index contributed by atoms with van der Waals surface area (Å²) in [5.74, 6) is 0. The molecule has 0 heterocycles. The number of aryl methyl sites for hydroxylation is 2. The molecule has 3 nitrogen and oxygen atoms in total. The number of benzene rings is 1. The fourth-order valence-electron chi connectivity index (χ4n) is 1.99. The van der Waals surface area contributed by atoms with Gasteiger partial charge in [0, 0.05) is 0 Å². The van der Waals surface area contributed by atoms with Crippen LogP contribution in [-0.4, -0.2) is 32.8 Å². The number of carbonyl (C=O) groups excluding carboxylic acids is 1. The lowest BCUT2D eigenvalue weighted by molar-refractivity contribution is -0.0979. The van der Waals surface area contributed by atoms with Crippen molar-refractivity contribution >= 4 is 6.79 Å². The molecule has 0 unspecified atom stereocenters. The molecule has 0 aliphatic rings. The highest BCUT2D eigenvalue weighted by molar-refractivity contribution is 5.22. The van der Waals surface area contributed by atoms with E-state index in [0.717, 1.165) is 6.42 Å². The zero-order valence-electron chi connectivity index (χ0n) is 17.9. The molecule has 0 spiro atoms. The van der Waals surface area contributed by atoms with Crippen LogP contribution in [0.4, 0.5) is 0 Å². The van der Waals surface area contributed by atoms with Gasteiger partial charge in [-0.05, 0) is 71.1 Å². The van der Waals surface area contributed by atoms with Gasteiger partial charge >= 0.3 is 0 Å². The second-order valence-corrected chi connectivity index (χ2v) is 6.31. The summed E-state index contributed by atoms with van der Waals surface area (Å²) in [6.07, 6.45) is 13.1. The van der Waals surface area contributed by atoms with Crippen LogP contribution in [-0.2, 0) is 11.2 Å². The predicted octanol–water partition coefficient (Wildman–Crippen LogP) is 5.48. The normalized spacial score (nSPS) is 9.44. The Balaban J connectivity index is -0.000000541. The van der Waals surface area contributed by atoms with Gasteiger partial charge in [0.15, 0.2) is 0 Å². The molecule has 0 saturated heterocycles. The number of nitrogens with two attached hydrogens (primary N) is 1. The summed E-state index contributed by atoms with van der Waals surface area (Å²) in [6, 6.07) is 8.86. The van der Waals surface area contributed by atoms with Gasteiger partial charge in [0.2, 0.25) is 0 Å². The molecule has 0 saturated carbocycles. The fourth-order valence-corrected chi connectivity index (χ4v) is 1.99. The number of carbonyl (C=O) groups is 1. The predicted molar refractivity (Wildman–Crippen MR) is 123 cm³/mol. The van der Waals surface area contributed by atoms with Gasteiger partial charge in [-0.1, -0.05) is 74.2 Å². The van der Waals surface area contributed by atoms with E-state index in [0.29, 0.717) is 0 Å². The van der Waals surface area contributed by atoms with E-state index in [1.165, 1.54) is 48.6 Å². The zero-order chi connectivity index (χ0) is 21.5. The van der Waals surface area contributed by atoms with Crippen LogP contribution in [0.1, 0.15) is 36.8 Å². The SMILES string of the molecule is C=C/C=C(\C=C)CCCCCc1ccc(C)cc1.C=CN.C=O.CN(C)C. The zero-order valence-corrected chi connectivity index (χ0v) is 17.9. The second kappa shape index (κ2) is 23.6. The molecule has 1 rings (SSSR count). The Morgan fingerprint density at radius 1 is 1.00 bits per heavy atom. The Kier molecular flexibility index (Phi) is 25.7. The van der Waals surface area contributed by atoms with Crippen LogP contribution in [0.25, 0.3) is 0 Å². The summed E-state index contributed by atoms with van der Waals surface area (Å²) in [6.45, 7) is 14.8. The summed E-state index contributed by atoms with van der Waals surface area (Å²) in [7, 11) is 6.00. The first-order valence-corrected chi connectivity index (χ1v) is 9.13. The van der Waals surface area contributed by atoms with Crippen LogP contribution in [0, 0.1) is 6.92 Å². The minimum Gasteiger partial charge on any atom is -0.405 e. The monoisotopic (exact) mass is 372 g/mol. The van der Waals surface area contributed by atoms with E-state index in [-0.39, 0.29) is 0 Å². The Morgan fingerprint density at radius 2 is 1.48 bits per heavy atom. The molecule has 1 aromatic rings. The van der Waals surface area contributed by atoms with E-state index in [9.17, 15) is 0 Å². The lowest BCUT2D eigenvalue weighted by Crippen LogP contribution is -1.99. The molecule has 1 aromatic carbocycles. The number of allylic oxidation sites excluding steroid dienone is 4. The molecule has 27 heavy (non-hydrogen) atoms. The highest BCUT2D eigenvalue weighted by atomic mass is 16.1. The first kappa shape index (κ1) is 29.4. The molecule has 0 aromatic heterocycles. The summed E-state index contributed by atoms with van der Waals surface area (Å²) >= 11 is 0. The first-order chi connectivity index (χ1) is 12.9. The molecule has 0 radical (unpaired) electrons. The average molecular weight is 373 g/mol. The smallest absolute Gasteiger partial charge is 0.106 e. The van der Waals surface area contributed by atoms with Crippen molar-refractivity contribution < 1.29 is 4.79 Å². The lowest BCUT2D eigenvalue weighted by Gasteiger charge is -2.03. The van der Waals surface area contributed by atoms with Crippen LogP contribution < -0.4 is 5.73 Å². The fraction of sp³-hybridized carbons (Fsp3) is 0.375. The van der Waals surface area contributed by atoms with Gasteiger partial charge in [-0.15, -0.1) is 0 Å². The first-order valence-electron chi connectivity index (χ1n) is 9.13. The highest BCUT2D eigenvalue weighted by Gasteiger charge is 1.95. The topological polar surface area (TPSA) is 46.3 Å². The number of hydrogen-bond donors (Lipinski definition) is 1. The summed E-state index contributed by atoms with van der Waals surface area (Å²) < 4.78 is 0. The quantitative estimate of drug-likeness (QED) is 0.485. The molecular weight excluding hydrogens is 332 g/mol. The summed E-state index contributed by atoms with van der Waals surface area (Å²) in [4.78, 5) is 10.0. The third-order valence-corrected chi connectivity index (χ3v) is 3.15. The van der Waals surface area contributed by atoms with E-state index < -0.39 is 0 Å². The van der Waals surface area contributed by atoms with E-state index in [1.54, 1.807) is 0 Å². The minimum atomic E-state index is 1.11. The van der Waals surface area contributed by atoms with Crippen LogP contribution in [0.3, 0.4) is 0 Å². The molecule has 0 fully saturated rings. The van der Waals surface area contributed by atoms with E-state index >= 15 is 0 Å². The number of rotatable bonds is 8. The van der Waals surface area contributed by atoms with Crippen molar-refractivity contribution in [3.8, 4) is 0 Å². The van der Waals surface area contributed by atoms with E-state index in [4.69, 9.17) is 4.79 Å². The number of nitrogens with zero attached hydrogens (tertiary/aromatic N) is 1. The maximum Gasteiger partial charge on any atom is 0.106 e. The van der Waals surface area contributed by atoms with Gasteiger partial charge in [-0.2, -0.15) is 0 Å². The maximum atomic E-state index is 8.00. The maximum absolute atomic E-state index is 8.00. The molecular formula is C24H40N2O. The van der Waals surface area contributed by atoms with E-state index in [2.05, 4.69) is 56.7 Å². The van der Waals surface area contributed by atoms with Crippen molar-refractivity contribution in [2.75, 3.05) is 21.1 Å². The molecule has 2 N–H and O–H groups in total. The molecule has 152 valence electrons. The Bertz CT molecular complexity index is 499. The second-order valence-electron chi connectivity index (χ2n) is 6.31. The van der Waals surface area contributed by atoms with E-state index in [1.807, 2.05) is 51.1 Å². The van der Waals surface area contributed by atoms with Crippen LogP contribution in [0.5, 0.6) is 0 Å². The van der Waals surface area contributed by atoms with Crippen molar-refractivity contribution in [1.29, 1.82) is 0 Å². The average Bonchev–Trinajstić information content (AvgIpc) is 2.64. The molecule has 0 bridgehead atoms. The molecule has 3 heteroatoms. The van der Waals surface area contributed by atoms with Crippen LogP contribution in [0.15, 0.2) is 74.0 Å². The number of hydrogen-bond acceptors (Lipinski definition) is 3. The Labute approximate surface area is 168 Å². The highest BCUT2D eigenvalue weighted by Crippen LogP contribution is 2.13. The summed E-state index contributed by atoms with van der Waals surface area (Å²) in [5, 5.41) is 0.